The van der Waals surface area contributed by atoms with E-state index in [0.717, 1.165) is 19.3 Å². The second-order valence-corrected chi connectivity index (χ2v) is 6.79. The average molecular weight is 234 g/mol. The lowest BCUT2D eigenvalue weighted by atomic mass is 10.00. The molecule has 0 aromatic carbocycles. The number of nitrogens with two attached hydrogens (primary N) is 1. The van der Waals surface area contributed by atoms with Crippen molar-refractivity contribution in [2.24, 2.45) is 11.7 Å². The maximum Gasteiger partial charge on any atom is 0.214 e. The van der Waals surface area contributed by atoms with E-state index in [4.69, 9.17) is 5.73 Å². The Kier molecular flexibility index (Phi) is 3.79. The van der Waals surface area contributed by atoms with Crippen LogP contribution in [0.3, 0.4) is 0 Å². The lowest BCUT2D eigenvalue weighted by Gasteiger charge is -2.36. The molecule has 1 aliphatic rings. The van der Waals surface area contributed by atoms with Gasteiger partial charge in [0.15, 0.2) is 0 Å². The van der Waals surface area contributed by atoms with Gasteiger partial charge in [-0.05, 0) is 32.1 Å². The molecular weight excluding hydrogens is 212 g/mol. The number of hydrogen-bond donors (Lipinski definition) is 1. The predicted octanol–water partition coefficient (Wildman–Crippen LogP) is 0.785. The summed E-state index contributed by atoms with van der Waals surface area (Å²) in [4.78, 5) is 0. The van der Waals surface area contributed by atoms with Crippen molar-refractivity contribution in [1.29, 1.82) is 0 Å². The maximum absolute atomic E-state index is 12.0. The van der Waals surface area contributed by atoms with Gasteiger partial charge in [-0.25, -0.2) is 8.42 Å². The van der Waals surface area contributed by atoms with Gasteiger partial charge in [-0.3, -0.25) is 0 Å². The molecule has 1 rings (SSSR count). The number of likely N-dealkylation sites (N-methyl/N-ethyl adjacent to an activating group) is 1. The number of hydrogen-bond acceptors (Lipinski definition) is 3. The lowest BCUT2D eigenvalue weighted by Crippen LogP contribution is -2.52. The van der Waals surface area contributed by atoms with Crippen LogP contribution in [-0.4, -0.2) is 37.6 Å². The van der Waals surface area contributed by atoms with Gasteiger partial charge < -0.3 is 5.73 Å². The van der Waals surface area contributed by atoms with Crippen LogP contribution in [0, 0.1) is 5.92 Å². The summed E-state index contributed by atoms with van der Waals surface area (Å²) in [5.41, 5.74) is 5.22. The Balaban J connectivity index is 2.75. The Hall–Kier alpha value is -0.130. The maximum atomic E-state index is 12.0. The standard InChI is InChI=1S/C10H22N2O2S/c1-4-10(2,8-11)12(3)15(13,14)7-9-5-6-9/h9H,4-8,11H2,1-3H3. The summed E-state index contributed by atoms with van der Waals surface area (Å²) < 4.78 is 25.5. The molecule has 2 N–H and O–H groups in total. The summed E-state index contributed by atoms with van der Waals surface area (Å²) in [6, 6.07) is 0. The van der Waals surface area contributed by atoms with Crippen LogP contribution in [0.15, 0.2) is 0 Å². The van der Waals surface area contributed by atoms with Gasteiger partial charge in [-0.2, -0.15) is 4.31 Å². The zero-order valence-corrected chi connectivity index (χ0v) is 10.7. The van der Waals surface area contributed by atoms with Crippen molar-refractivity contribution in [3.05, 3.63) is 0 Å². The van der Waals surface area contributed by atoms with Gasteiger partial charge in [0.05, 0.1) is 5.75 Å². The highest BCUT2D eigenvalue weighted by Gasteiger charge is 2.37. The Morgan fingerprint density at radius 2 is 2.00 bits per heavy atom. The first-order chi connectivity index (χ1) is 6.85. The van der Waals surface area contributed by atoms with Gasteiger partial charge in [0.25, 0.3) is 0 Å². The van der Waals surface area contributed by atoms with Crippen molar-refractivity contribution < 1.29 is 8.42 Å². The van der Waals surface area contributed by atoms with Crippen LogP contribution in [0.25, 0.3) is 0 Å². The van der Waals surface area contributed by atoms with Crippen LogP contribution in [0.5, 0.6) is 0 Å². The van der Waals surface area contributed by atoms with Crippen molar-refractivity contribution in [1.82, 2.24) is 4.31 Å². The highest BCUT2D eigenvalue weighted by molar-refractivity contribution is 7.89. The normalized spacial score (nSPS) is 21.7. The van der Waals surface area contributed by atoms with E-state index in [1.54, 1.807) is 7.05 Å². The molecule has 0 aliphatic heterocycles. The molecule has 1 atom stereocenters. The van der Waals surface area contributed by atoms with Gasteiger partial charge in [0.2, 0.25) is 10.0 Å². The third-order valence-electron chi connectivity index (χ3n) is 3.52. The first-order valence-electron chi connectivity index (χ1n) is 5.52. The van der Waals surface area contributed by atoms with E-state index < -0.39 is 15.6 Å². The smallest absolute Gasteiger partial charge is 0.214 e. The molecule has 15 heavy (non-hydrogen) atoms. The fourth-order valence-corrected chi connectivity index (χ4v) is 3.55. The first kappa shape index (κ1) is 12.9. The topological polar surface area (TPSA) is 63.4 Å². The molecule has 1 aliphatic carbocycles. The summed E-state index contributed by atoms with van der Waals surface area (Å²) >= 11 is 0. The molecule has 1 fully saturated rings. The summed E-state index contributed by atoms with van der Waals surface area (Å²) in [7, 11) is -1.48. The molecule has 0 amide bonds. The zero-order chi connectivity index (χ0) is 11.7. The molecule has 0 radical (unpaired) electrons. The highest BCUT2D eigenvalue weighted by Crippen LogP contribution is 2.32. The fourth-order valence-electron chi connectivity index (χ4n) is 1.53. The van der Waals surface area contributed by atoms with Gasteiger partial charge in [0.1, 0.15) is 0 Å². The Bertz CT molecular complexity index is 305. The largest absolute Gasteiger partial charge is 0.329 e. The van der Waals surface area contributed by atoms with E-state index in [-0.39, 0.29) is 0 Å². The summed E-state index contributed by atoms with van der Waals surface area (Å²) in [5.74, 6) is 0.676. The van der Waals surface area contributed by atoms with Crippen LogP contribution in [0.1, 0.15) is 33.1 Å². The van der Waals surface area contributed by atoms with E-state index in [9.17, 15) is 8.42 Å². The molecule has 0 bridgehead atoms. The highest BCUT2D eigenvalue weighted by atomic mass is 32.2. The molecule has 1 saturated carbocycles. The quantitative estimate of drug-likeness (QED) is 0.739. The Labute approximate surface area is 92.9 Å². The monoisotopic (exact) mass is 234 g/mol. The van der Waals surface area contributed by atoms with Gasteiger partial charge in [-0.15, -0.1) is 0 Å². The van der Waals surface area contributed by atoms with Crippen LogP contribution < -0.4 is 5.73 Å². The Morgan fingerprint density at radius 1 is 1.47 bits per heavy atom. The van der Waals surface area contributed by atoms with Gasteiger partial charge in [-0.1, -0.05) is 6.92 Å². The zero-order valence-electron chi connectivity index (χ0n) is 9.86. The van der Waals surface area contributed by atoms with E-state index in [0.29, 0.717) is 18.2 Å². The number of sulfonamides is 1. The van der Waals surface area contributed by atoms with E-state index >= 15 is 0 Å². The van der Waals surface area contributed by atoms with Gasteiger partial charge in [0, 0.05) is 19.1 Å². The molecule has 4 nitrogen and oxygen atoms in total. The van der Waals surface area contributed by atoms with Crippen molar-refractivity contribution >= 4 is 10.0 Å². The number of rotatable bonds is 6. The van der Waals surface area contributed by atoms with Crippen molar-refractivity contribution in [2.75, 3.05) is 19.3 Å². The van der Waals surface area contributed by atoms with Crippen LogP contribution in [-0.2, 0) is 10.0 Å². The van der Waals surface area contributed by atoms with Crippen LogP contribution >= 0.6 is 0 Å². The third-order valence-corrected chi connectivity index (χ3v) is 5.69. The van der Waals surface area contributed by atoms with Crippen molar-refractivity contribution in [2.45, 2.75) is 38.6 Å². The van der Waals surface area contributed by atoms with Crippen LogP contribution in [0.2, 0.25) is 0 Å². The molecule has 0 aromatic heterocycles. The molecule has 0 heterocycles. The number of nitrogens with zero attached hydrogens (tertiary/aromatic N) is 1. The fraction of sp³-hybridized carbons (Fsp3) is 1.00. The minimum Gasteiger partial charge on any atom is -0.329 e. The van der Waals surface area contributed by atoms with Crippen molar-refractivity contribution in [3.63, 3.8) is 0 Å². The molecular formula is C10H22N2O2S. The second-order valence-electron chi connectivity index (χ2n) is 4.74. The minimum atomic E-state index is -3.13. The Morgan fingerprint density at radius 3 is 2.33 bits per heavy atom. The molecule has 5 heteroatoms. The third kappa shape index (κ3) is 2.92. The summed E-state index contributed by atoms with van der Waals surface area (Å²) in [5, 5.41) is 0. The van der Waals surface area contributed by atoms with E-state index in [1.807, 2.05) is 13.8 Å². The molecule has 0 aromatic rings. The molecule has 0 spiro atoms. The van der Waals surface area contributed by atoms with E-state index in [2.05, 4.69) is 0 Å². The molecule has 0 saturated heterocycles. The minimum absolute atomic E-state index is 0.291. The van der Waals surface area contributed by atoms with Gasteiger partial charge >= 0.3 is 0 Å². The lowest BCUT2D eigenvalue weighted by molar-refractivity contribution is 0.240. The summed E-state index contributed by atoms with van der Waals surface area (Å²) in [6.07, 6.45) is 2.85. The average Bonchev–Trinajstić information content (AvgIpc) is 2.98. The molecule has 1 unspecified atom stereocenters. The first-order valence-corrected chi connectivity index (χ1v) is 7.13. The predicted molar refractivity (Wildman–Crippen MR) is 62.0 cm³/mol. The molecule has 90 valence electrons. The SMILES string of the molecule is CCC(C)(CN)N(C)S(=O)(=O)CC1CC1. The second kappa shape index (κ2) is 4.39. The van der Waals surface area contributed by atoms with Crippen LogP contribution in [0.4, 0.5) is 0 Å². The van der Waals surface area contributed by atoms with E-state index in [1.165, 1.54) is 4.31 Å². The van der Waals surface area contributed by atoms with Crippen molar-refractivity contribution in [3.8, 4) is 0 Å². The summed E-state index contributed by atoms with van der Waals surface area (Å²) in [6.45, 7) is 4.23.